The highest BCUT2D eigenvalue weighted by molar-refractivity contribution is 6.31. The topological polar surface area (TPSA) is 84.0 Å². The fourth-order valence-electron chi connectivity index (χ4n) is 2.84. The van der Waals surface area contributed by atoms with Crippen LogP contribution in [0.25, 0.3) is 0 Å². The molecule has 1 fully saturated rings. The largest absolute Gasteiger partial charge is 0.379 e. The molecule has 28 heavy (non-hydrogen) atoms. The smallest absolute Gasteiger partial charge is 0.226 e. The van der Waals surface area contributed by atoms with Crippen LogP contribution in [0.5, 0.6) is 0 Å². The number of aliphatic imine (C=N–C) groups is 1. The first-order chi connectivity index (χ1) is 13.6. The zero-order valence-electron chi connectivity index (χ0n) is 16.7. The van der Waals surface area contributed by atoms with Gasteiger partial charge in [-0.05, 0) is 43.9 Å². The van der Waals surface area contributed by atoms with Crippen molar-refractivity contribution in [1.29, 1.82) is 0 Å². The summed E-state index contributed by atoms with van der Waals surface area (Å²) in [7, 11) is 1.71. The minimum absolute atomic E-state index is 0.0733. The van der Waals surface area contributed by atoms with Crippen LogP contribution < -0.4 is 16.0 Å². The molecule has 0 spiro atoms. The second-order valence-electron chi connectivity index (χ2n) is 6.70. The van der Waals surface area contributed by atoms with Crippen LogP contribution in [-0.2, 0) is 14.3 Å². The first-order valence-corrected chi connectivity index (χ1v) is 10.2. The lowest BCUT2D eigenvalue weighted by molar-refractivity contribution is -0.116. The summed E-state index contributed by atoms with van der Waals surface area (Å²) < 4.78 is 11.2. The summed E-state index contributed by atoms with van der Waals surface area (Å²) in [5, 5.41) is 9.88. The van der Waals surface area contributed by atoms with Gasteiger partial charge in [0.1, 0.15) is 0 Å². The predicted molar refractivity (Wildman–Crippen MR) is 113 cm³/mol. The molecule has 1 aromatic carbocycles. The first kappa shape index (κ1) is 22.5. The Morgan fingerprint density at radius 2 is 2.18 bits per heavy atom. The monoisotopic (exact) mass is 410 g/mol. The molecule has 0 aromatic heterocycles. The molecule has 1 aliphatic heterocycles. The van der Waals surface area contributed by atoms with E-state index in [1.165, 1.54) is 0 Å². The average molecular weight is 411 g/mol. The number of hydrogen-bond donors (Lipinski definition) is 3. The van der Waals surface area contributed by atoms with Crippen molar-refractivity contribution in [2.24, 2.45) is 4.99 Å². The number of benzene rings is 1. The van der Waals surface area contributed by atoms with Crippen molar-refractivity contribution in [2.75, 3.05) is 45.3 Å². The van der Waals surface area contributed by atoms with E-state index in [9.17, 15) is 4.79 Å². The molecule has 1 aromatic rings. The molecule has 1 aliphatic rings. The van der Waals surface area contributed by atoms with Gasteiger partial charge in [0.05, 0.1) is 12.7 Å². The molecule has 1 atom stereocenters. The molecule has 2 rings (SSSR count). The van der Waals surface area contributed by atoms with E-state index >= 15 is 0 Å². The lowest BCUT2D eigenvalue weighted by atomic mass is 10.2. The number of anilines is 1. The Kier molecular flexibility index (Phi) is 10.1. The Hall–Kier alpha value is -1.83. The summed E-state index contributed by atoms with van der Waals surface area (Å²) in [6, 6.07) is 5.46. The van der Waals surface area contributed by atoms with Crippen molar-refractivity contribution in [3.8, 4) is 0 Å². The average Bonchev–Trinajstić information content (AvgIpc) is 3.20. The van der Waals surface area contributed by atoms with Gasteiger partial charge in [-0.3, -0.25) is 9.79 Å². The normalized spacial score (nSPS) is 16.8. The maximum atomic E-state index is 12.1. The van der Waals surface area contributed by atoms with Crippen molar-refractivity contribution >= 4 is 29.2 Å². The lowest BCUT2D eigenvalue weighted by Crippen LogP contribution is -2.39. The van der Waals surface area contributed by atoms with Gasteiger partial charge in [-0.2, -0.15) is 0 Å². The van der Waals surface area contributed by atoms with Gasteiger partial charge in [0.2, 0.25) is 5.91 Å². The number of nitrogens with zero attached hydrogens (tertiary/aromatic N) is 1. The fourth-order valence-corrected chi connectivity index (χ4v) is 3.02. The number of rotatable bonds is 10. The first-order valence-electron chi connectivity index (χ1n) is 9.79. The van der Waals surface area contributed by atoms with Crippen molar-refractivity contribution in [3.05, 3.63) is 28.8 Å². The number of amides is 1. The molecule has 0 bridgehead atoms. The zero-order valence-corrected chi connectivity index (χ0v) is 17.5. The summed E-state index contributed by atoms with van der Waals surface area (Å²) in [5.74, 6) is 0.599. The molecule has 1 unspecified atom stereocenters. The van der Waals surface area contributed by atoms with Gasteiger partial charge in [-0.15, -0.1) is 0 Å². The third kappa shape index (κ3) is 8.04. The molecule has 8 heteroatoms. The van der Waals surface area contributed by atoms with Crippen molar-refractivity contribution < 1.29 is 14.3 Å². The molecular formula is C20H31ClN4O3. The van der Waals surface area contributed by atoms with E-state index in [2.05, 4.69) is 20.9 Å². The summed E-state index contributed by atoms with van der Waals surface area (Å²) in [5.41, 5.74) is 1.60. The summed E-state index contributed by atoms with van der Waals surface area (Å²) in [4.78, 5) is 16.3. The Morgan fingerprint density at radius 3 is 2.93 bits per heavy atom. The number of halogens is 1. The summed E-state index contributed by atoms with van der Waals surface area (Å²) in [6.45, 7) is 5.33. The van der Waals surface area contributed by atoms with Crippen LogP contribution in [0.1, 0.15) is 31.2 Å². The van der Waals surface area contributed by atoms with Gasteiger partial charge >= 0.3 is 0 Å². The fraction of sp³-hybridized carbons (Fsp3) is 0.600. The van der Waals surface area contributed by atoms with Gasteiger partial charge in [0.25, 0.3) is 0 Å². The molecule has 156 valence electrons. The van der Waals surface area contributed by atoms with Crippen molar-refractivity contribution in [2.45, 2.75) is 38.7 Å². The Morgan fingerprint density at radius 1 is 1.36 bits per heavy atom. The van der Waals surface area contributed by atoms with Crippen LogP contribution in [0.3, 0.4) is 0 Å². The Bertz CT molecular complexity index is 648. The van der Waals surface area contributed by atoms with E-state index in [1.807, 2.05) is 19.1 Å². The standard InChI is InChI=1S/C20H31ClN4O3/c1-15-17(21)7-3-8-18(15)25-19(26)9-11-24-20(22-2)23-10-5-12-27-14-16-6-4-13-28-16/h3,7-8,16H,4-6,9-14H2,1-2H3,(H,25,26)(H2,22,23,24). The van der Waals surface area contributed by atoms with Crippen LogP contribution in [0.15, 0.2) is 23.2 Å². The third-order valence-corrected chi connectivity index (χ3v) is 4.90. The maximum Gasteiger partial charge on any atom is 0.226 e. The molecule has 1 amide bonds. The van der Waals surface area contributed by atoms with E-state index < -0.39 is 0 Å². The molecule has 0 aliphatic carbocycles. The van der Waals surface area contributed by atoms with Crippen LogP contribution in [0.2, 0.25) is 5.02 Å². The molecule has 1 saturated heterocycles. The SMILES string of the molecule is CN=C(NCCCOCC1CCCO1)NCCC(=O)Nc1cccc(Cl)c1C. The van der Waals surface area contributed by atoms with Gasteiger partial charge in [0, 0.05) is 50.5 Å². The number of hydrogen-bond acceptors (Lipinski definition) is 4. The molecule has 0 saturated carbocycles. The molecular weight excluding hydrogens is 380 g/mol. The van der Waals surface area contributed by atoms with E-state index in [0.717, 1.165) is 43.7 Å². The Balaban J connectivity index is 1.55. The van der Waals surface area contributed by atoms with E-state index in [1.54, 1.807) is 13.1 Å². The predicted octanol–water partition coefficient (Wildman–Crippen LogP) is 2.73. The molecule has 3 N–H and O–H groups in total. The number of guanidine groups is 1. The second kappa shape index (κ2) is 12.6. The summed E-state index contributed by atoms with van der Waals surface area (Å²) >= 11 is 6.07. The van der Waals surface area contributed by atoms with Crippen LogP contribution >= 0.6 is 11.6 Å². The van der Waals surface area contributed by atoms with Gasteiger partial charge in [0.15, 0.2) is 5.96 Å². The molecule has 1 heterocycles. The third-order valence-electron chi connectivity index (χ3n) is 4.50. The van der Waals surface area contributed by atoms with E-state index in [-0.39, 0.29) is 12.0 Å². The lowest BCUT2D eigenvalue weighted by Gasteiger charge is -2.13. The van der Waals surface area contributed by atoms with Crippen LogP contribution in [0, 0.1) is 6.92 Å². The van der Waals surface area contributed by atoms with Crippen molar-refractivity contribution in [3.63, 3.8) is 0 Å². The highest BCUT2D eigenvalue weighted by Gasteiger charge is 2.14. The molecule has 0 radical (unpaired) electrons. The second-order valence-corrected chi connectivity index (χ2v) is 7.11. The van der Waals surface area contributed by atoms with Gasteiger partial charge in [-0.25, -0.2) is 0 Å². The highest BCUT2D eigenvalue weighted by Crippen LogP contribution is 2.22. The number of ether oxygens (including phenoxy) is 2. The zero-order chi connectivity index (χ0) is 20.2. The minimum atomic E-state index is -0.0733. The number of carbonyl (C=O) groups excluding carboxylic acids is 1. The highest BCUT2D eigenvalue weighted by atomic mass is 35.5. The van der Waals surface area contributed by atoms with Gasteiger partial charge < -0.3 is 25.4 Å². The van der Waals surface area contributed by atoms with E-state index in [4.69, 9.17) is 21.1 Å². The van der Waals surface area contributed by atoms with Crippen LogP contribution in [-0.4, -0.2) is 57.9 Å². The Labute approximate surface area is 172 Å². The van der Waals surface area contributed by atoms with Gasteiger partial charge in [-0.1, -0.05) is 17.7 Å². The minimum Gasteiger partial charge on any atom is -0.379 e. The van der Waals surface area contributed by atoms with Crippen LogP contribution in [0.4, 0.5) is 5.69 Å². The van der Waals surface area contributed by atoms with Crippen molar-refractivity contribution in [1.82, 2.24) is 10.6 Å². The summed E-state index contributed by atoms with van der Waals surface area (Å²) in [6.07, 6.45) is 3.70. The maximum absolute atomic E-state index is 12.1. The molecule has 7 nitrogen and oxygen atoms in total. The van der Waals surface area contributed by atoms with E-state index in [0.29, 0.717) is 37.2 Å². The quantitative estimate of drug-likeness (QED) is 0.314. The number of nitrogens with one attached hydrogen (secondary N) is 3. The number of carbonyl (C=O) groups is 1.